The van der Waals surface area contributed by atoms with Crippen molar-refractivity contribution in [2.45, 2.75) is 37.6 Å². The molecule has 1 fully saturated rings. The van der Waals surface area contributed by atoms with E-state index in [0.717, 1.165) is 43.4 Å². The van der Waals surface area contributed by atoms with Crippen molar-refractivity contribution in [2.24, 2.45) is 24.0 Å². The van der Waals surface area contributed by atoms with Crippen molar-refractivity contribution in [3.8, 4) is 0 Å². The zero-order valence-corrected chi connectivity index (χ0v) is 18.9. The number of nitrogens with zero attached hydrogens (tertiary/aromatic N) is 3. The molecule has 1 aromatic heterocycles. The lowest BCUT2D eigenvalue weighted by atomic mass is 9.94. The van der Waals surface area contributed by atoms with Crippen LogP contribution < -0.4 is 16.5 Å². The molecule has 4 unspecified atom stereocenters. The van der Waals surface area contributed by atoms with E-state index in [-0.39, 0.29) is 10.8 Å². The van der Waals surface area contributed by atoms with Gasteiger partial charge in [0.05, 0.1) is 22.3 Å². The third-order valence-electron chi connectivity index (χ3n) is 6.66. The van der Waals surface area contributed by atoms with Crippen molar-refractivity contribution in [1.82, 2.24) is 15.2 Å². The normalized spacial score (nSPS) is 25.6. The fourth-order valence-corrected chi connectivity index (χ4v) is 5.14. The van der Waals surface area contributed by atoms with Gasteiger partial charge in [0.15, 0.2) is 6.29 Å². The van der Waals surface area contributed by atoms with E-state index in [1.165, 1.54) is 17.7 Å². The van der Waals surface area contributed by atoms with E-state index in [1.54, 1.807) is 24.8 Å². The minimum atomic E-state index is -0.388. The minimum Gasteiger partial charge on any atom is -0.388 e. The Labute approximate surface area is 191 Å². The lowest BCUT2D eigenvalue weighted by molar-refractivity contribution is 0.112. The van der Waals surface area contributed by atoms with Crippen LogP contribution in [0.25, 0.3) is 0 Å². The molecule has 2 aromatic rings. The van der Waals surface area contributed by atoms with Crippen LogP contribution in [0.3, 0.4) is 0 Å². The number of aldehydes is 1. The molecule has 0 spiro atoms. The van der Waals surface area contributed by atoms with E-state index < -0.39 is 0 Å². The smallest absolute Gasteiger partial charge is 0.155 e. The van der Waals surface area contributed by atoms with Crippen molar-refractivity contribution in [1.29, 1.82) is 0 Å². The van der Waals surface area contributed by atoms with Gasteiger partial charge in [0.2, 0.25) is 0 Å². The van der Waals surface area contributed by atoms with Crippen molar-refractivity contribution in [3.63, 3.8) is 0 Å². The van der Waals surface area contributed by atoms with E-state index in [4.69, 9.17) is 17.3 Å². The molecular weight excluding hydrogens is 431 g/mol. The second-order valence-corrected chi connectivity index (χ2v) is 8.98. The van der Waals surface area contributed by atoms with Crippen molar-refractivity contribution >= 4 is 35.6 Å². The Morgan fingerprint density at radius 1 is 1.38 bits per heavy atom. The third-order valence-corrected chi connectivity index (χ3v) is 6.95. The van der Waals surface area contributed by atoms with Crippen LogP contribution in [0.15, 0.2) is 34.9 Å². The largest absolute Gasteiger partial charge is 0.388 e. The zero-order chi connectivity index (χ0) is 22.8. The number of aromatic nitrogens is 2. The average molecular weight is 459 g/mol. The summed E-state index contributed by atoms with van der Waals surface area (Å²) in [4.78, 5) is 11.3. The van der Waals surface area contributed by atoms with Gasteiger partial charge in [0, 0.05) is 38.3 Å². The Morgan fingerprint density at radius 3 is 2.81 bits per heavy atom. The number of rotatable bonds is 4. The molecule has 170 valence electrons. The van der Waals surface area contributed by atoms with Crippen LogP contribution in [0.4, 0.5) is 15.9 Å². The second-order valence-electron chi connectivity index (χ2n) is 8.57. The van der Waals surface area contributed by atoms with E-state index >= 15 is 0 Å². The number of carbonyl (C=O) groups excluding carboxylic acids is 1. The van der Waals surface area contributed by atoms with Gasteiger partial charge in [-0.05, 0) is 54.9 Å². The molecule has 0 saturated heterocycles. The fraction of sp³-hybridized carbons (Fsp3) is 0.435. The number of nitrogens with two attached hydrogens (primary N) is 1. The number of hydrogen-bond donors (Lipinski definition) is 3. The van der Waals surface area contributed by atoms with Crippen LogP contribution in [0.1, 0.15) is 47.7 Å². The molecule has 1 saturated carbocycles. The summed E-state index contributed by atoms with van der Waals surface area (Å²) in [5.41, 5.74) is 12.9. The first-order valence-corrected chi connectivity index (χ1v) is 11.2. The van der Waals surface area contributed by atoms with Gasteiger partial charge in [0.25, 0.3) is 0 Å². The van der Waals surface area contributed by atoms with Gasteiger partial charge in [-0.2, -0.15) is 10.2 Å². The van der Waals surface area contributed by atoms with Gasteiger partial charge in [-0.1, -0.05) is 17.7 Å². The number of anilines is 2. The quantitative estimate of drug-likeness (QED) is 0.473. The van der Waals surface area contributed by atoms with E-state index in [1.807, 2.05) is 6.21 Å². The highest BCUT2D eigenvalue weighted by Crippen LogP contribution is 2.50. The molecule has 0 amide bonds. The maximum absolute atomic E-state index is 12.5. The van der Waals surface area contributed by atoms with Gasteiger partial charge in [-0.15, -0.1) is 0 Å². The number of hydrazone groups is 1. The third kappa shape index (κ3) is 4.37. The summed E-state index contributed by atoms with van der Waals surface area (Å²) < 4.78 is 14.1. The number of hydrogen-bond acceptors (Lipinski definition) is 6. The molecule has 0 bridgehead atoms. The number of fused-ring (bicyclic) bond motifs is 1. The molecule has 3 aliphatic rings. The molecule has 9 heteroatoms. The van der Waals surface area contributed by atoms with E-state index in [9.17, 15) is 9.18 Å². The summed E-state index contributed by atoms with van der Waals surface area (Å²) in [5, 5.41) is 11.6. The van der Waals surface area contributed by atoms with Crippen molar-refractivity contribution in [2.75, 3.05) is 18.1 Å². The Morgan fingerprint density at radius 2 is 2.19 bits per heavy atom. The van der Waals surface area contributed by atoms with Crippen LogP contribution in [0.5, 0.6) is 0 Å². The molecule has 32 heavy (non-hydrogen) atoms. The zero-order valence-electron chi connectivity index (χ0n) is 18.2. The van der Waals surface area contributed by atoms with Gasteiger partial charge in [-0.25, -0.2) is 4.39 Å². The highest BCUT2D eigenvalue weighted by Gasteiger charge is 2.41. The Hall–Kier alpha value is -2.87. The summed E-state index contributed by atoms with van der Waals surface area (Å²) >= 11 is 5.48. The molecule has 1 aromatic carbocycles. The van der Waals surface area contributed by atoms with Crippen LogP contribution in [-0.2, 0) is 7.05 Å². The number of carbonyl (C=O) groups is 1. The Bertz CT molecular complexity index is 1060. The molecule has 2 aliphatic carbocycles. The summed E-state index contributed by atoms with van der Waals surface area (Å²) in [7, 11) is 3.55. The summed E-state index contributed by atoms with van der Waals surface area (Å²) in [5.74, 6) is 1.71. The number of aryl methyl sites for hydroxylation is 1. The molecule has 0 radical (unpaired) electrons. The molecule has 1 aliphatic heterocycles. The summed E-state index contributed by atoms with van der Waals surface area (Å²) in [6.45, 7) is 0. The van der Waals surface area contributed by atoms with Crippen LogP contribution in [-0.4, -0.2) is 35.4 Å². The molecule has 2 heterocycles. The molecule has 5 rings (SSSR count). The predicted octanol–water partition coefficient (Wildman–Crippen LogP) is 4.12. The monoisotopic (exact) mass is 458 g/mol. The molecule has 4 N–H and O–H groups in total. The number of nitrogen functional groups attached to an aromatic ring is 1. The van der Waals surface area contributed by atoms with Gasteiger partial charge in [-0.3, -0.25) is 9.48 Å². The van der Waals surface area contributed by atoms with Gasteiger partial charge in [0.1, 0.15) is 11.6 Å². The lowest BCUT2D eigenvalue weighted by Crippen LogP contribution is -2.21. The number of allylic oxidation sites excluding steroid dienone is 1. The van der Waals surface area contributed by atoms with Crippen molar-refractivity contribution in [3.05, 3.63) is 51.9 Å². The highest BCUT2D eigenvalue weighted by molar-refractivity contribution is 6.31. The standard InChI is InChI=1S/C16H21N5O.C7H7ClFN/c1-21-16(17)13(8-22)15(20-21)12-6-9-4-11(5-10(9)7-12)14-2-3-18-19-14;1-10-5-2-3-7(9)6(8)4-5/h3-4,8-10,12,14,19H,2,5-7,17H2,1H3;2-4,10H,1H3. The van der Waals surface area contributed by atoms with Crippen LogP contribution in [0.2, 0.25) is 5.02 Å². The maximum Gasteiger partial charge on any atom is 0.155 e. The van der Waals surface area contributed by atoms with Crippen molar-refractivity contribution < 1.29 is 9.18 Å². The number of halogens is 2. The average Bonchev–Trinajstić information content (AvgIpc) is 3.55. The molecular formula is C23H28ClFN6O. The minimum absolute atomic E-state index is 0.145. The Balaban J connectivity index is 0.000000207. The first kappa shape index (κ1) is 22.3. The maximum atomic E-state index is 12.5. The topological polar surface area (TPSA) is 97.3 Å². The van der Waals surface area contributed by atoms with Crippen LogP contribution >= 0.6 is 11.6 Å². The first-order chi connectivity index (χ1) is 15.4. The van der Waals surface area contributed by atoms with Crippen LogP contribution in [0, 0.1) is 17.7 Å². The summed E-state index contributed by atoms with van der Waals surface area (Å²) in [6, 6.07) is 4.90. The van der Waals surface area contributed by atoms with Gasteiger partial charge >= 0.3 is 0 Å². The van der Waals surface area contributed by atoms with E-state index in [2.05, 4.69) is 27.0 Å². The SMILES string of the molecule is CNc1ccc(F)c(Cl)c1.Cn1nc(C2CC3C=C(C4CC=NN4)CC3C2)c(C=O)c1N. The number of benzene rings is 1. The van der Waals surface area contributed by atoms with Gasteiger partial charge < -0.3 is 16.5 Å². The molecule has 7 nitrogen and oxygen atoms in total. The predicted molar refractivity (Wildman–Crippen MR) is 126 cm³/mol. The lowest BCUT2D eigenvalue weighted by Gasteiger charge is -2.14. The Kier molecular flexibility index (Phi) is 6.50. The number of nitrogens with one attached hydrogen (secondary N) is 2. The fourth-order valence-electron chi connectivity index (χ4n) is 4.96. The second kappa shape index (κ2) is 9.32. The highest BCUT2D eigenvalue weighted by atomic mass is 35.5. The van der Waals surface area contributed by atoms with E-state index in [0.29, 0.717) is 35.2 Å². The first-order valence-electron chi connectivity index (χ1n) is 10.8. The molecule has 4 atom stereocenters. The summed E-state index contributed by atoms with van der Waals surface area (Å²) in [6.07, 6.45) is 9.54.